The Morgan fingerprint density at radius 3 is 2.67 bits per heavy atom. The summed E-state index contributed by atoms with van der Waals surface area (Å²) in [7, 11) is 3.16. The van der Waals surface area contributed by atoms with Gasteiger partial charge >= 0.3 is 5.97 Å². The van der Waals surface area contributed by atoms with Gasteiger partial charge in [-0.25, -0.2) is 4.79 Å². The van der Waals surface area contributed by atoms with Gasteiger partial charge in [-0.2, -0.15) is 0 Å². The highest BCUT2D eigenvalue weighted by Gasteiger charge is 2.04. The third-order valence-electron chi connectivity index (χ3n) is 2.44. The smallest absolute Gasteiger partial charge is 0.331 e. The molecule has 1 aromatic carbocycles. The van der Waals surface area contributed by atoms with Crippen molar-refractivity contribution in [2.45, 2.75) is 6.92 Å². The molecular weight excluding hydrogens is 234 g/mol. The van der Waals surface area contributed by atoms with Crippen molar-refractivity contribution in [1.82, 2.24) is 0 Å². The van der Waals surface area contributed by atoms with Crippen LogP contribution in [0.1, 0.15) is 6.92 Å². The fraction of sp³-hybridized carbons (Fsp3) is 0.308. The van der Waals surface area contributed by atoms with Crippen molar-refractivity contribution < 1.29 is 19.4 Å². The summed E-state index contributed by atoms with van der Waals surface area (Å²) in [5.74, 6) is 0.462. The molecule has 2 N–H and O–H groups in total. The van der Waals surface area contributed by atoms with Gasteiger partial charge in [0.25, 0.3) is 0 Å². The fourth-order valence-corrected chi connectivity index (χ4v) is 1.35. The number of carboxylic acid groups (broad SMARTS) is 1. The number of carboxylic acids is 1. The van der Waals surface area contributed by atoms with E-state index >= 15 is 0 Å². The maximum absolute atomic E-state index is 10.6. The highest BCUT2D eigenvalue weighted by Crippen LogP contribution is 2.28. The normalized spacial score (nSPS) is 10.9. The van der Waals surface area contributed by atoms with Crippen LogP contribution in [0.25, 0.3) is 0 Å². The van der Waals surface area contributed by atoms with E-state index in [9.17, 15) is 4.79 Å². The van der Waals surface area contributed by atoms with E-state index in [0.717, 1.165) is 5.69 Å². The first kappa shape index (κ1) is 13.9. The monoisotopic (exact) mass is 251 g/mol. The second kappa shape index (κ2) is 6.54. The van der Waals surface area contributed by atoms with E-state index in [-0.39, 0.29) is 0 Å². The first-order valence-electron chi connectivity index (χ1n) is 5.44. The SMILES string of the molecule is COc1ccc(OC)c(NC/C=C(/C)C(=O)O)c1. The quantitative estimate of drug-likeness (QED) is 0.758. The van der Waals surface area contributed by atoms with Gasteiger partial charge in [0.2, 0.25) is 0 Å². The average Bonchev–Trinajstić information content (AvgIpc) is 2.38. The third-order valence-corrected chi connectivity index (χ3v) is 2.44. The molecule has 0 bridgehead atoms. The fourth-order valence-electron chi connectivity index (χ4n) is 1.35. The van der Waals surface area contributed by atoms with Gasteiger partial charge in [-0.3, -0.25) is 0 Å². The summed E-state index contributed by atoms with van der Waals surface area (Å²) < 4.78 is 10.3. The van der Waals surface area contributed by atoms with E-state index in [1.165, 1.54) is 0 Å². The molecule has 18 heavy (non-hydrogen) atoms. The van der Waals surface area contributed by atoms with Gasteiger partial charge in [0, 0.05) is 18.2 Å². The lowest BCUT2D eigenvalue weighted by Crippen LogP contribution is -2.04. The predicted molar refractivity (Wildman–Crippen MR) is 69.4 cm³/mol. The molecule has 5 nitrogen and oxygen atoms in total. The number of nitrogens with one attached hydrogen (secondary N) is 1. The van der Waals surface area contributed by atoms with Crippen LogP contribution < -0.4 is 14.8 Å². The molecule has 0 unspecified atom stereocenters. The van der Waals surface area contributed by atoms with Gasteiger partial charge in [-0.05, 0) is 19.1 Å². The van der Waals surface area contributed by atoms with Gasteiger partial charge in [0.05, 0.1) is 19.9 Å². The Bertz CT molecular complexity index is 454. The number of hydrogen-bond acceptors (Lipinski definition) is 4. The van der Waals surface area contributed by atoms with E-state index in [0.29, 0.717) is 23.6 Å². The van der Waals surface area contributed by atoms with E-state index in [2.05, 4.69) is 5.32 Å². The van der Waals surface area contributed by atoms with Crippen LogP contribution in [0.3, 0.4) is 0 Å². The molecule has 0 heterocycles. The summed E-state index contributed by atoms with van der Waals surface area (Å²) in [6, 6.07) is 5.38. The number of hydrogen-bond donors (Lipinski definition) is 2. The number of rotatable bonds is 6. The standard InChI is InChI=1S/C13H17NO4/c1-9(13(15)16)6-7-14-11-8-10(17-2)4-5-12(11)18-3/h4-6,8,14H,7H2,1-3H3,(H,15,16)/b9-6-. The minimum atomic E-state index is -0.922. The van der Waals surface area contributed by atoms with E-state index in [4.69, 9.17) is 14.6 Å². The van der Waals surface area contributed by atoms with E-state index < -0.39 is 5.97 Å². The summed E-state index contributed by atoms with van der Waals surface area (Å²) in [5, 5.41) is 11.8. The molecule has 0 amide bonds. The summed E-state index contributed by atoms with van der Waals surface area (Å²) >= 11 is 0. The summed E-state index contributed by atoms with van der Waals surface area (Å²) in [6.45, 7) is 1.95. The van der Waals surface area contributed by atoms with Crippen LogP contribution >= 0.6 is 0 Å². The maximum Gasteiger partial charge on any atom is 0.331 e. The van der Waals surface area contributed by atoms with E-state index in [1.54, 1.807) is 45.4 Å². The van der Waals surface area contributed by atoms with Crippen molar-refractivity contribution >= 4 is 11.7 Å². The molecular formula is C13H17NO4. The van der Waals surface area contributed by atoms with Gasteiger partial charge in [0.1, 0.15) is 11.5 Å². The van der Waals surface area contributed by atoms with Crippen LogP contribution in [-0.4, -0.2) is 31.8 Å². The summed E-state index contributed by atoms with van der Waals surface area (Å²) in [5.41, 5.74) is 1.05. The molecule has 0 atom stereocenters. The Morgan fingerprint density at radius 2 is 2.11 bits per heavy atom. The molecule has 0 radical (unpaired) electrons. The van der Waals surface area contributed by atoms with Crippen LogP contribution in [0.15, 0.2) is 29.8 Å². The van der Waals surface area contributed by atoms with Crippen LogP contribution in [-0.2, 0) is 4.79 Å². The topological polar surface area (TPSA) is 67.8 Å². The molecule has 98 valence electrons. The number of aliphatic carboxylic acids is 1. The van der Waals surface area contributed by atoms with Crippen molar-refractivity contribution in [1.29, 1.82) is 0 Å². The molecule has 5 heteroatoms. The third kappa shape index (κ3) is 3.69. The number of carbonyl (C=O) groups is 1. The lowest BCUT2D eigenvalue weighted by molar-refractivity contribution is -0.132. The lowest BCUT2D eigenvalue weighted by atomic mass is 10.2. The highest BCUT2D eigenvalue weighted by atomic mass is 16.5. The molecule has 0 spiro atoms. The van der Waals surface area contributed by atoms with Gasteiger partial charge in [0.15, 0.2) is 0 Å². The number of benzene rings is 1. The second-order valence-electron chi connectivity index (χ2n) is 3.64. The van der Waals surface area contributed by atoms with Crippen LogP contribution in [0.4, 0.5) is 5.69 Å². The first-order chi connectivity index (χ1) is 8.58. The molecule has 1 rings (SSSR count). The van der Waals surface area contributed by atoms with Crippen molar-refractivity contribution in [3.8, 4) is 11.5 Å². The summed E-state index contributed by atoms with van der Waals surface area (Å²) in [4.78, 5) is 10.6. The maximum atomic E-state index is 10.6. The van der Waals surface area contributed by atoms with Crippen LogP contribution in [0, 0.1) is 0 Å². The number of ether oxygens (including phenoxy) is 2. The molecule has 0 saturated heterocycles. The van der Waals surface area contributed by atoms with Gasteiger partial charge < -0.3 is 19.9 Å². The Labute approximate surface area is 106 Å². The van der Waals surface area contributed by atoms with Crippen LogP contribution in [0.2, 0.25) is 0 Å². The van der Waals surface area contributed by atoms with Crippen molar-refractivity contribution in [2.75, 3.05) is 26.1 Å². The zero-order chi connectivity index (χ0) is 13.5. The second-order valence-corrected chi connectivity index (χ2v) is 3.64. The number of methoxy groups -OCH3 is 2. The Balaban J connectivity index is 2.77. The van der Waals surface area contributed by atoms with Gasteiger partial charge in [-0.1, -0.05) is 6.08 Å². The highest BCUT2D eigenvalue weighted by molar-refractivity contribution is 5.85. The molecule has 0 fully saturated rings. The summed E-state index contributed by atoms with van der Waals surface area (Å²) in [6.07, 6.45) is 1.60. The minimum Gasteiger partial charge on any atom is -0.497 e. The molecule has 0 aliphatic carbocycles. The first-order valence-corrected chi connectivity index (χ1v) is 5.44. The Kier molecular flexibility index (Phi) is 5.05. The molecule has 1 aromatic rings. The Hall–Kier alpha value is -2.17. The van der Waals surface area contributed by atoms with E-state index in [1.807, 2.05) is 0 Å². The average molecular weight is 251 g/mol. The lowest BCUT2D eigenvalue weighted by Gasteiger charge is -2.11. The van der Waals surface area contributed by atoms with Crippen molar-refractivity contribution in [3.05, 3.63) is 29.8 Å². The largest absolute Gasteiger partial charge is 0.497 e. The van der Waals surface area contributed by atoms with Crippen molar-refractivity contribution in [2.24, 2.45) is 0 Å². The Morgan fingerprint density at radius 1 is 1.39 bits per heavy atom. The number of anilines is 1. The van der Waals surface area contributed by atoms with Crippen LogP contribution in [0.5, 0.6) is 11.5 Å². The molecule has 0 aliphatic heterocycles. The molecule has 0 saturated carbocycles. The molecule has 0 aromatic heterocycles. The minimum absolute atomic E-state index is 0.296. The zero-order valence-electron chi connectivity index (χ0n) is 10.7. The van der Waals surface area contributed by atoms with Crippen molar-refractivity contribution in [3.63, 3.8) is 0 Å². The predicted octanol–water partition coefficient (Wildman–Crippen LogP) is 2.15. The van der Waals surface area contributed by atoms with Gasteiger partial charge in [-0.15, -0.1) is 0 Å². The molecule has 0 aliphatic rings. The zero-order valence-corrected chi connectivity index (χ0v) is 10.7.